The van der Waals surface area contributed by atoms with Crippen molar-refractivity contribution in [2.75, 3.05) is 0 Å². The van der Waals surface area contributed by atoms with Crippen molar-refractivity contribution in [3.05, 3.63) is 132 Å². The lowest BCUT2D eigenvalue weighted by Gasteiger charge is -2.49. The van der Waals surface area contributed by atoms with Crippen LogP contribution in [0.15, 0.2) is 109 Å². The van der Waals surface area contributed by atoms with E-state index in [-0.39, 0.29) is 0 Å². The second-order valence-electron chi connectivity index (χ2n) is 36.0. The summed E-state index contributed by atoms with van der Waals surface area (Å²) in [7, 11) is 0. The van der Waals surface area contributed by atoms with Gasteiger partial charge in [-0.3, -0.25) is 0 Å². The fourth-order valence-electron chi connectivity index (χ4n) is 20.3. The maximum absolute atomic E-state index is 2.38. The first-order valence-corrected chi connectivity index (χ1v) is 46.6. The molecule has 0 nitrogen and oxygen atoms in total. The Kier molecular flexibility index (Phi) is 46.8. The monoisotopic (exact) mass is 1380 g/mol. The molecule has 0 amide bonds. The van der Waals surface area contributed by atoms with E-state index in [9.17, 15) is 0 Å². The summed E-state index contributed by atoms with van der Waals surface area (Å²) in [6.45, 7) is 0. The molecule has 101 heavy (non-hydrogen) atoms. The normalized spacial score (nSPS) is 30.0. The van der Waals surface area contributed by atoms with Crippen LogP contribution in [0.1, 0.15) is 440 Å². The lowest BCUT2D eigenvalue weighted by Crippen LogP contribution is -2.38. The molecule has 23 rings (SSSR count). The number of fused-ring (bicyclic) bond motifs is 7. The lowest BCUT2D eigenvalue weighted by atomic mass is 9.56. The predicted octanol–water partition coefficient (Wildman–Crippen LogP) is 32.9. The molecule has 0 heteroatoms. The third-order valence-corrected chi connectivity index (χ3v) is 26.9. The molecular formula is C101H166. The van der Waals surface area contributed by atoms with Gasteiger partial charge in [-0.2, -0.15) is 0 Å². The van der Waals surface area contributed by atoms with Gasteiger partial charge in [0.15, 0.2) is 0 Å². The van der Waals surface area contributed by atoms with Gasteiger partial charge in [0.2, 0.25) is 0 Å². The quantitative estimate of drug-likeness (QED) is 0.182. The minimum Gasteiger partial charge on any atom is -0.0885 e. The summed E-state index contributed by atoms with van der Waals surface area (Å²) in [5, 5.41) is 0. The summed E-state index contributed by atoms with van der Waals surface area (Å²) in [6, 6.07) is 17.5. The van der Waals surface area contributed by atoms with Crippen LogP contribution in [-0.2, 0) is 25.7 Å². The van der Waals surface area contributed by atoms with Crippen molar-refractivity contribution >= 4 is 0 Å². The molecule has 0 N–H and O–H groups in total. The maximum atomic E-state index is 2.38. The Bertz CT molecular complexity index is 2150. The highest BCUT2D eigenvalue weighted by molar-refractivity contribution is 5.31. The molecule has 0 radical (unpaired) electrons. The van der Waals surface area contributed by atoms with Gasteiger partial charge in [0.05, 0.1) is 0 Å². The fourth-order valence-corrected chi connectivity index (χ4v) is 20.3. The average Bonchev–Trinajstić information content (AvgIpc) is 1.64. The third kappa shape index (κ3) is 40.1. The van der Waals surface area contributed by atoms with Gasteiger partial charge in [0.25, 0.3) is 0 Å². The van der Waals surface area contributed by atoms with Crippen LogP contribution in [0.2, 0.25) is 0 Å². The van der Waals surface area contributed by atoms with E-state index in [0.29, 0.717) is 0 Å². The van der Waals surface area contributed by atoms with Crippen LogP contribution in [0.3, 0.4) is 0 Å². The number of aryl methyl sites for hydroxylation is 4. The molecular weight excluding hydrogens is 1210 g/mol. The molecule has 0 spiro atoms. The molecule has 15 fully saturated rings. The van der Waals surface area contributed by atoms with Gasteiger partial charge in [-0.1, -0.05) is 385 Å². The third-order valence-electron chi connectivity index (χ3n) is 26.9. The van der Waals surface area contributed by atoms with Crippen LogP contribution >= 0.6 is 0 Å². The van der Waals surface area contributed by atoms with Crippen molar-refractivity contribution in [2.45, 2.75) is 443 Å². The molecule has 8 bridgehead atoms. The van der Waals surface area contributed by atoms with Gasteiger partial charge in [0, 0.05) is 0 Å². The molecule has 2 unspecified atom stereocenters. The van der Waals surface area contributed by atoms with E-state index in [1.54, 1.807) is 119 Å². The smallest absolute Gasteiger partial charge is 0.0163 e. The Hall–Kier alpha value is -2.86. The molecule has 21 aliphatic rings. The summed E-state index contributed by atoms with van der Waals surface area (Å²) in [5.74, 6) is 11.3. The van der Waals surface area contributed by atoms with E-state index in [4.69, 9.17) is 0 Å². The molecule has 0 saturated heterocycles. The second kappa shape index (κ2) is 56.4. The zero-order valence-electron chi connectivity index (χ0n) is 67.0. The van der Waals surface area contributed by atoms with E-state index < -0.39 is 0 Å². The molecule has 2 aromatic rings. The van der Waals surface area contributed by atoms with Gasteiger partial charge >= 0.3 is 0 Å². The summed E-state index contributed by atoms with van der Waals surface area (Å²) in [5.41, 5.74) is 6.29. The number of rotatable bonds is 0. The van der Waals surface area contributed by atoms with Crippen molar-refractivity contribution < 1.29 is 0 Å². The van der Waals surface area contributed by atoms with Crippen molar-refractivity contribution in [1.29, 1.82) is 0 Å². The van der Waals surface area contributed by atoms with Crippen LogP contribution in [0.25, 0.3) is 0 Å². The first kappa shape index (κ1) is 83.8. The minimum atomic E-state index is 0.991. The molecule has 21 aliphatic carbocycles. The zero-order valence-corrected chi connectivity index (χ0v) is 67.0. The largest absolute Gasteiger partial charge is 0.0885 e. The van der Waals surface area contributed by atoms with Gasteiger partial charge in [-0.25, -0.2) is 0 Å². The van der Waals surface area contributed by atoms with Gasteiger partial charge in [0.1, 0.15) is 0 Å². The van der Waals surface area contributed by atoms with Crippen molar-refractivity contribution in [3.63, 3.8) is 0 Å². The van der Waals surface area contributed by atoms with E-state index in [1.807, 2.05) is 0 Å². The number of hydrogen-bond donors (Lipinski definition) is 0. The Morgan fingerprint density at radius 2 is 0.426 bits per heavy atom. The summed E-state index contributed by atoms with van der Waals surface area (Å²) in [4.78, 5) is 0. The Morgan fingerprint density at radius 1 is 0.188 bits per heavy atom. The molecule has 0 heterocycles. The molecule has 0 aliphatic heterocycles. The first-order valence-electron chi connectivity index (χ1n) is 46.6. The van der Waals surface area contributed by atoms with Crippen LogP contribution < -0.4 is 0 Å². The summed E-state index contributed by atoms with van der Waals surface area (Å²) in [6.07, 6.45) is 124. The van der Waals surface area contributed by atoms with Crippen molar-refractivity contribution in [2.24, 2.45) is 59.2 Å². The molecule has 15 saturated carbocycles. The standard InChI is InChI=1S/C10H16.C10H18.C10H12.C9H10.C7H12.C7H10.C7H14.C7H12.C6H12.C6H10.2C5H10.C5H6.C4H8.C3H6/c1-7-2-9-4-8(1)5-10(3-7)6-9;2*1-2-6-10-8-4-3-7-9(10)5-1;1-2-5-9-7-3-6-8(9)4-1;2*1-2-7-4-3-6(1)5-7;2*1-2-4-6-7-5-3-1;2*1-2-4-6-5-3-1;3*1-2-4-5-3-1;1-2-4-3-1;1-2-3-1/h7-10H,1-6H2;9-10H,1-8H2;1-2,5-6H,3-4,7-8H2;1-2,4-5H,3,6-7H2;6-7H,1-5H2;1-2,6-7H,3-5H2;1-7H2;1-2H,3-7H2;1-6H2;1-2H,3-6H2;2*1-5H2;1-4H,5H2;1-4H2;1-3H2. The minimum absolute atomic E-state index is 0.991. The first-order chi connectivity index (χ1) is 50.2. The Labute approximate surface area is 629 Å². The lowest BCUT2D eigenvalue weighted by molar-refractivity contribution is 0.0198. The highest BCUT2D eigenvalue weighted by Gasteiger charge is 2.42. The van der Waals surface area contributed by atoms with Crippen LogP contribution in [-0.4, -0.2) is 0 Å². The topological polar surface area (TPSA) is 0 Å². The maximum Gasteiger partial charge on any atom is -0.0163 e. The summed E-state index contributed by atoms with van der Waals surface area (Å²) < 4.78 is 0. The van der Waals surface area contributed by atoms with Crippen LogP contribution in [0, 0.1) is 59.2 Å². The molecule has 2 aromatic carbocycles. The molecule has 570 valence electrons. The van der Waals surface area contributed by atoms with E-state index in [0.717, 1.165) is 30.1 Å². The molecule has 0 aromatic heterocycles. The van der Waals surface area contributed by atoms with Gasteiger partial charge in [-0.05, 0) is 248 Å². The molecule has 2 atom stereocenters. The Balaban J connectivity index is 0.000000139. The predicted molar refractivity (Wildman–Crippen MR) is 448 cm³/mol. The second-order valence-corrected chi connectivity index (χ2v) is 36.0. The zero-order chi connectivity index (χ0) is 69.6. The number of benzene rings is 2. The van der Waals surface area contributed by atoms with Gasteiger partial charge < -0.3 is 0 Å². The number of allylic oxidation sites excluding steroid dienone is 10. The SMILES string of the molecule is C1=CC2CCC1C2.C1=CCC=C1.C1=CCCCC1.C1=CCCCCC1.C1C2CC3CC1CC(C2)C3.C1CC1.C1CC2CCC1C2.C1CCC1.C1CCC2CCCCC2C1.C1CCCC1.C1CCCC1.C1CCCCC1.C1CCCCCC1.c1ccc2c(c1)CCC2.c1ccc2c(c1)CCCC2. The van der Waals surface area contributed by atoms with E-state index in [1.165, 1.54) is 376 Å². The highest BCUT2D eigenvalue weighted by Crippen LogP contribution is 2.53. The van der Waals surface area contributed by atoms with Crippen LogP contribution in [0.5, 0.6) is 0 Å². The highest BCUT2D eigenvalue weighted by atomic mass is 14.5. The Morgan fingerprint density at radius 3 is 0.634 bits per heavy atom. The van der Waals surface area contributed by atoms with E-state index >= 15 is 0 Å². The fraction of sp³-hybridized carbons (Fsp3) is 0.782. The number of hydrogen-bond acceptors (Lipinski definition) is 0. The summed E-state index contributed by atoms with van der Waals surface area (Å²) >= 11 is 0. The van der Waals surface area contributed by atoms with Gasteiger partial charge in [-0.15, -0.1) is 0 Å². The van der Waals surface area contributed by atoms with Crippen molar-refractivity contribution in [3.8, 4) is 0 Å². The van der Waals surface area contributed by atoms with Crippen LogP contribution in [0.4, 0.5) is 0 Å². The van der Waals surface area contributed by atoms with Crippen molar-refractivity contribution in [1.82, 2.24) is 0 Å². The van der Waals surface area contributed by atoms with E-state index in [2.05, 4.69) is 109 Å². The average molecular weight is 1380 g/mol.